The van der Waals surface area contributed by atoms with Crippen molar-refractivity contribution in [2.45, 2.75) is 25.3 Å². The van der Waals surface area contributed by atoms with E-state index in [1.54, 1.807) is 0 Å². The van der Waals surface area contributed by atoms with E-state index in [4.69, 9.17) is 11.5 Å². The molecule has 5 nitrogen and oxygen atoms in total. The number of amides is 1. The van der Waals surface area contributed by atoms with Gasteiger partial charge in [-0.15, -0.1) is 6.42 Å². The number of carbonyl (C=O) groups excluding carboxylic acids is 1. The Labute approximate surface area is 94.6 Å². The zero-order chi connectivity index (χ0) is 12.0. The molecule has 1 rings (SSSR count). The number of nitrogens with one attached hydrogen (secondary N) is 2. The van der Waals surface area contributed by atoms with Gasteiger partial charge in [0.05, 0.1) is 19.0 Å². The van der Waals surface area contributed by atoms with Crippen molar-refractivity contribution in [1.82, 2.24) is 10.6 Å². The third-order valence-electron chi connectivity index (χ3n) is 2.69. The first-order chi connectivity index (χ1) is 7.65. The van der Waals surface area contributed by atoms with Crippen molar-refractivity contribution >= 4 is 11.9 Å². The Kier molecular flexibility index (Phi) is 4.80. The van der Waals surface area contributed by atoms with Crippen LogP contribution in [-0.4, -0.2) is 36.1 Å². The molecule has 3 N–H and O–H groups in total. The van der Waals surface area contributed by atoms with Gasteiger partial charge in [0.2, 0.25) is 5.91 Å². The van der Waals surface area contributed by atoms with E-state index in [9.17, 15) is 9.59 Å². The predicted octanol–water partition coefficient (Wildman–Crippen LogP) is -0.421. The lowest BCUT2D eigenvalue weighted by molar-refractivity contribution is -0.142. The van der Waals surface area contributed by atoms with Crippen LogP contribution in [0.5, 0.6) is 0 Å². The van der Waals surface area contributed by atoms with Gasteiger partial charge in [-0.25, -0.2) is 0 Å². The summed E-state index contributed by atoms with van der Waals surface area (Å²) in [6.45, 7) is 0.466. The van der Waals surface area contributed by atoms with E-state index in [1.165, 1.54) is 0 Å². The molecule has 1 aliphatic carbocycles. The number of carboxylic acids is 1. The fourth-order valence-corrected chi connectivity index (χ4v) is 1.93. The maximum Gasteiger partial charge on any atom is 0.308 e. The van der Waals surface area contributed by atoms with E-state index in [-0.39, 0.29) is 18.5 Å². The highest BCUT2D eigenvalue weighted by molar-refractivity contribution is 5.80. The van der Waals surface area contributed by atoms with E-state index in [0.29, 0.717) is 13.0 Å². The molecule has 16 heavy (non-hydrogen) atoms. The molecule has 1 amide bonds. The van der Waals surface area contributed by atoms with Crippen molar-refractivity contribution in [1.29, 1.82) is 0 Å². The van der Waals surface area contributed by atoms with Gasteiger partial charge >= 0.3 is 5.97 Å². The van der Waals surface area contributed by atoms with Crippen LogP contribution in [0.2, 0.25) is 0 Å². The highest BCUT2D eigenvalue weighted by Gasteiger charge is 2.33. The summed E-state index contributed by atoms with van der Waals surface area (Å²) in [6.07, 6.45) is 7.24. The molecule has 0 heterocycles. The van der Waals surface area contributed by atoms with E-state index in [1.807, 2.05) is 0 Å². The molecule has 0 spiro atoms. The van der Waals surface area contributed by atoms with Crippen molar-refractivity contribution in [3.63, 3.8) is 0 Å². The number of terminal acetylenes is 1. The van der Waals surface area contributed by atoms with Crippen LogP contribution in [0, 0.1) is 18.3 Å². The molecule has 0 aromatic rings. The van der Waals surface area contributed by atoms with Crippen LogP contribution in [0.25, 0.3) is 0 Å². The average Bonchev–Trinajstić information content (AvgIpc) is 2.66. The molecule has 2 unspecified atom stereocenters. The van der Waals surface area contributed by atoms with E-state index < -0.39 is 11.9 Å². The molecule has 0 aliphatic heterocycles. The quantitative estimate of drug-likeness (QED) is 0.438. The first-order valence-corrected chi connectivity index (χ1v) is 5.31. The normalized spacial score (nSPS) is 23.7. The van der Waals surface area contributed by atoms with Gasteiger partial charge in [0.15, 0.2) is 0 Å². The van der Waals surface area contributed by atoms with Crippen molar-refractivity contribution in [3.8, 4) is 12.3 Å². The van der Waals surface area contributed by atoms with Gasteiger partial charge < -0.3 is 10.4 Å². The molecule has 0 radical (unpaired) electrons. The van der Waals surface area contributed by atoms with Crippen LogP contribution >= 0.6 is 0 Å². The number of carboxylic acid groups (broad SMARTS) is 1. The Morgan fingerprint density at radius 3 is 2.81 bits per heavy atom. The van der Waals surface area contributed by atoms with Crippen LogP contribution in [-0.2, 0) is 9.59 Å². The third kappa shape index (κ3) is 3.55. The molecule has 5 heteroatoms. The third-order valence-corrected chi connectivity index (χ3v) is 2.69. The van der Waals surface area contributed by atoms with Crippen LogP contribution in [0.1, 0.15) is 19.3 Å². The van der Waals surface area contributed by atoms with Crippen molar-refractivity contribution in [2.24, 2.45) is 5.92 Å². The van der Waals surface area contributed by atoms with Gasteiger partial charge in [-0.05, 0) is 12.8 Å². The summed E-state index contributed by atoms with van der Waals surface area (Å²) in [7, 11) is 0. The standard InChI is InChI=1S/C11H16N2O3/c1-2-6-12-7-10(14)13-9-5-3-4-8(9)11(15)16/h1,8-9,12H,3-7H2,(H,13,14)(H,15,16). The summed E-state index contributed by atoms with van der Waals surface area (Å²) >= 11 is 0. The highest BCUT2D eigenvalue weighted by atomic mass is 16.4. The number of hydrogen-bond donors (Lipinski definition) is 3. The van der Waals surface area contributed by atoms with E-state index >= 15 is 0 Å². The lowest BCUT2D eigenvalue weighted by atomic mass is 10.0. The van der Waals surface area contributed by atoms with Gasteiger partial charge in [0.25, 0.3) is 0 Å². The molecule has 1 saturated carbocycles. The molecule has 0 saturated heterocycles. The van der Waals surface area contributed by atoms with Crippen LogP contribution in [0.15, 0.2) is 0 Å². The van der Waals surface area contributed by atoms with Gasteiger partial charge in [-0.2, -0.15) is 0 Å². The smallest absolute Gasteiger partial charge is 0.308 e. The Morgan fingerprint density at radius 1 is 1.44 bits per heavy atom. The van der Waals surface area contributed by atoms with Gasteiger partial charge in [0.1, 0.15) is 0 Å². The lowest BCUT2D eigenvalue weighted by Gasteiger charge is -2.17. The second-order valence-corrected chi connectivity index (χ2v) is 3.86. The fraction of sp³-hybridized carbons (Fsp3) is 0.636. The number of hydrogen-bond acceptors (Lipinski definition) is 3. The molecule has 1 aliphatic rings. The number of aliphatic carboxylic acids is 1. The maximum atomic E-state index is 11.4. The summed E-state index contributed by atoms with van der Waals surface area (Å²) in [5, 5.41) is 14.4. The van der Waals surface area contributed by atoms with E-state index in [2.05, 4.69) is 16.6 Å². The lowest BCUT2D eigenvalue weighted by Crippen LogP contribution is -2.44. The minimum atomic E-state index is -0.834. The summed E-state index contributed by atoms with van der Waals surface area (Å²) in [5.41, 5.74) is 0. The predicted molar refractivity (Wildman–Crippen MR) is 58.6 cm³/mol. The zero-order valence-corrected chi connectivity index (χ0v) is 9.03. The van der Waals surface area contributed by atoms with Crippen LogP contribution in [0.4, 0.5) is 0 Å². The minimum Gasteiger partial charge on any atom is -0.481 e. The van der Waals surface area contributed by atoms with Crippen LogP contribution in [0.3, 0.4) is 0 Å². The van der Waals surface area contributed by atoms with Gasteiger partial charge in [0, 0.05) is 6.04 Å². The first kappa shape index (κ1) is 12.5. The summed E-state index contributed by atoms with van der Waals surface area (Å²) in [4.78, 5) is 22.3. The van der Waals surface area contributed by atoms with Crippen molar-refractivity contribution in [2.75, 3.05) is 13.1 Å². The molecule has 88 valence electrons. The Morgan fingerprint density at radius 2 is 2.19 bits per heavy atom. The SMILES string of the molecule is C#CCNCC(=O)NC1CCCC1C(=O)O. The van der Waals surface area contributed by atoms with Crippen molar-refractivity contribution in [3.05, 3.63) is 0 Å². The second kappa shape index (κ2) is 6.13. The molecule has 2 atom stereocenters. The van der Waals surface area contributed by atoms with Crippen molar-refractivity contribution < 1.29 is 14.7 Å². The molecule has 0 bridgehead atoms. The Hall–Kier alpha value is -1.54. The highest BCUT2D eigenvalue weighted by Crippen LogP contribution is 2.25. The Balaban J connectivity index is 2.33. The maximum absolute atomic E-state index is 11.4. The summed E-state index contributed by atoms with van der Waals surface area (Å²) < 4.78 is 0. The first-order valence-electron chi connectivity index (χ1n) is 5.31. The molecule has 0 aromatic heterocycles. The molecular weight excluding hydrogens is 208 g/mol. The molecular formula is C11H16N2O3. The minimum absolute atomic E-state index is 0.132. The summed E-state index contributed by atoms with van der Waals surface area (Å²) in [5.74, 6) is 0.876. The van der Waals surface area contributed by atoms with E-state index in [0.717, 1.165) is 12.8 Å². The van der Waals surface area contributed by atoms with Gasteiger partial charge in [-0.3, -0.25) is 14.9 Å². The van der Waals surface area contributed by atoms with Crippen LogP contribution < -0.4 is 10.6 Å². The topological polar surface area (TPSA) is 78.4 Å². The number of rotatable bonds is 5. The monoisotopic (exact) mass is 224 g/mol. The molecule has 0 aromatic carbocycles. The van der Waals surface area contributed by atoms with Gasteiger partial charge in [-0.1, -0.05) is 12.3 Å². The Bertz CT molecular complexity index is 309. The average molecular weight is 224 g/mol. The zero-order valence-electron chi connectivity index (χ0n) is 9.03. The fourth-order valence-electron chi connectivity index (χ4n) is 1.93. The summed E-state index contributed by atoms with van der Waals surface area (Å²) in [6, 6.07) is -0.238. The second-order valence-electron chi connectivity index (χ2n) is 3.86. The molecule has 1 fully saturated rings. The number of carbonyl (C=O) groups is 2. The largest absolute Gasteiger partial charge is 0.481 e.